The second-order valence-electron chi connectivity index (χ2n) is 5.88. The molecule has 0 saturated heterocycles. The lowest BCUT2D eigenvalue weighted by molar-refractivity contribution is -0.125. The van der Waals surface area contributed by atoms with Gasteiger partial charge in [-0.05, 0) is 24.5 Å². The molecule has 0 aliphatic rings. The minimum absolute atomic E-state index is 0.0154. The van der Waals surface area contributed by atoms with E-state index in [4.69, 9.17) is 0 Å². The summed E-state index contributed by atoms with van der Waals surface area (Å²) in [5, 5.41) is 23.2. The lowest BCUT2D eigenvalue weighted by Crippen LogP contribution is -2.33. The van der Waals surface area contributed by atoms with E-state index in [2.05, 4.69) is 5.32 Å². The normalized spacial score (nSPS) is 14.7. The van der Waals surface area contributed by atoms with E-state index in [1.165, 1.54) is 0 Å². The number of benzene rings is 2. The van der Waals surface area contributed by atoms with Crippen LogP contribution in [0.4, 0.5) is 0 Å². The Bertz CT molecular complexity index is 611. The third-order valence-corrected chi connectivity index (χ3v) is 3.82. The molecule has 0 spiro atoms. The molecule has 0 fully saturated rings. The first-order valence-electron chi connectivity index (χ1n) is 7.76. The number of carbonyl (C=O) groups is 1. The van der Waals surface area contributed by atoms with Crippen molar-refractivity contribution in [3.05, 3.63) is 71.8 Å². The van der Waals surface area contributed by atoms with Crippen molar-refractivity contribution >= 4 is 5.91 Å². The predicted molar refractivity (Wildman–Crippen MR) is 89.7 cm³/mol. The second kappa shape index (κ2) is 7.90. The number of nitrogens with one attached hydrogen (secondary N) is 1. The Morgan fingerprint density at radius 3 is 2.26 bits per heavy atom. The van der Waals surface area contributed by atoms with Gasteiger partial charge in [-0.2, -0.15) is 0 Å². The van der Waals surface area contributed by atoms with Crippen molar-refractivity contribution in [1.29, 1.82) is 0 Å². The Hall–Kier alpha value is -2.17. The summed E-state index contributed by atoms with van der Waals surface area (Å²) < 4.78 is 0. The highest BCUT2D eigenvalue weighted by molar-refractivity contribution is 5.77. The zero-order chi connectivity index (χ0) is 16.7. The highest BCUT2D eigenvalue weighted by Crippen LogP contribution is 2.24. The van der Waals surface area contributed by atoms with Gasteiger partial charge >= 0.3 is 0 Å². The van der Waals surface area contributed by atoms with E-state index in [1.54, 1.807) is 19.1 Å². The van der Waals surface area contributed by atoms with E-state index in [1.807, 2.05) is 48.5 Å². The van der Waals surface area contributed by atoms with Gasteiger partial charge < -0.3 is 15.5 Å². The van der Waals surface area contributed by atoms with Crippen LogP contribution in [0.5, 0.6) is 0 Å². The van der Waals surface area contributed by atoms with E-state index in [0.717, 1.165) is 5.56 Å². The maximum absolute atomic E-state index is 12.0. The van der Waals surface area contributed by atoms with Gasteiger partial charge in [0.25, 0.3) is 0 Å². The minimum atomic E-state index is -1.20. The Labute approximate surface area is 136 Å². The summed E-state index contributed by atoms with van der Waals surface area (Å²) in [7, 11) is 0. The summed E-state index contributed by atoms with van der Waals surface area (Å²) in [6.45, 7) is 1.99. The van der Waals surface area contributed by atoms with Crippen molar-refractivity contribution in [3.8, 4) is 0 Å². The van der Waals surface area contributed by atoms with Crippen LogP contribution in [0.1, 0.15) is 37.0 Å². The Morgan fingerprint density at radius 2 is 1.65 bits per heavy atom. The molecule has 1 amide bonds. The molecule has 2 aromatic rings. The molecule has 2 atom stereocenters. The van der Waals surface area contributed by atoms with Crippen LogP contribution in [0.25, 0.3) is 0 Å². The molecule has 2 rings (SSSR count). The smallest absolute Gasteiger partial charge is 0.223 e. The topological polar surface area (TPSA) is 69.6 Å². The minimum Gasteiger partial charge on any atom is -0.388 e. The van der Waals surface area contributed by atoms with E-state index in [9.17, 15) is 15.0 Å². The van der Waals surface area contributed by atoms with Gasteiger partial charge in [0.1, 0.15) is 0 Å². The molecule has 0 radical (unpaired) electrons. The molecule has 0 bridgehead atoms. The molecule has 0 saturated carbocycles. The van der Waals surface area contributed by atoms with Crippen LogP contribution in [0, 0.1) is 0 Å². The van der Waals surface area contributed by atoms with E-state index in [0.29, 0.717) is 18.5 Å². The lowest BCUT2D eigenvalue weighted by Gasteiger charge is -2.23. The molecule has 3 N–H and O–H groups in total. The summed E-state index contributed by atoms with van der Waals surface area (Å²) in [6, 6.07) is 18.5. The Kier molecular flexibility index (Phi) is 5.90. The summed E-state index contributed by atoms with van der Waals surface area (Å²) >= 11 is 0. The van der Waals surface area contributed by atoms with Crippen molar-refractivity contribution < 1.29 is 15.0 Å². The average molecular weight is 313 g/mol. The summed E-state index contributed by atoms with van der Waals surface area (Å²) in [5.74, 6) is -0.237. The fourth-order valence-corrected chi connectivity index (χ4v) is 2.46. The number of aliphatic hydroxyl groups is 2. The van der Waals surface area contributed by atoms with Crippen LogP contribution in [0.2, 0.25) is 0 Å². The number of rotatable bonds is 7. The highest BCUT2D eigenvalue weighted by Gasteiger charge is 2.26. The molecule has 2 aromatic carbocycles. The van der Waals surface area contributed by atoms with Crippen molar-refractivity contribution in [2.45, 2.75) is 31.5 Å². The van der Waals surface area contributed by atoms with E-state index < -0.39 is 11.7 Å². The first-order valence-corrected chi connectivity index (χ1v) is 7.76. The summed E-state index contributed by atoms with van der Waals surface area (Å²) in [6.07, 6.45) is -0.187. The van der Waals surface area contributed by atoms with Crippen molar-refractivity contribution in [2.24, 2.45) is 0 Å². The zero-order valence-electron chi connectivity index (χ0n) is 13.3. The molecule has 4 heteroatoms. The standard InChI is InChI=1S/C19H23NO3/c1-19(23,16-10-6-3-7-11-16)14-18(22)20-13-12-17(21)15-8-4-2-5-9-15/h2-11,17,21,23H,12-14H2,1H3,(H,20,22). The van der Waals surface area contributed by atoms with Gasteiger partial charge in [0.15, 0.2) is 0 Å². The average Bonchev–Trinajstić information content (AvgIpc) is 2.56. The van der Waals surface area contributed by atoms with Gasteiger partial charge in [0, 0.05) is 6.54 Å². The zero-order valence-corrected chi connectivity index (χ0v) is 13.3. The van der Waals surface area contributed by atoms with Crippen molar-refractivity contribution in [2.75, 3.05) is 6.54 Å². The maximum Gasteiger partial charge on any atom is 0.223 e. The quantitative estimate of drug-likeness (QED) is 0.735. The first kappa shape index (κ1) is 17.2. The van der Waals surface area contributed by atoms with Crippen LogP contribution < -0.4 is 5.32 Å². The number of aliphatic hydroxyl groups excluding tert-OH is 1. The molecule has 2 unspecified atom stereocenters. The molecule has 0 aliphatic heterocycles. The number of amides is 1. The van der Waals surface area contributed by atoms with Crippen LogP contribution in [-0.2, 0) is 10.4 Å². The monoisotopic (exact) mass is 313 g/mol. The molecule has 23 heavy (non-hydrogen) atoms. The van der Waals surface area contributed by atoms with Gasteiger partial charge in [0.2, 0.25) is 5.91 Å². The van der Waals surface area contributed by atoms with Gasteiger partial charge in [-0.25, -0.2) is 0 Å². The molecule has 122 valence electrons. The lowest BCUT2D eigenvalue weighted by atomic mass is 9.92. The van der Waals surface area contributed by atoms with Crippen molar-refractivity contribution in [3.63, 3.8) is 0 Å². The molecular weight excluding hydrogens is 290 g/mol. The first-order chi connectivity index (χ1) is 11.0. The van der Waals surface area contributed by atoms with E-state index in [-0.39, 0.29) is 12.3 Å². The Morgan fingerprint density at radius 1 is 1.09 bits per heavy atom. The van der Waals surface area contributed by atoms with Crippen molar-refractivity contribution in [1.82, 2.24) is 5.32 Å². The summed E-state index contributed by atoms with van der Waals surface area (Å²) in [4.78, 5) is 12.0. The molecule has 0 aromatic heterocycles. The molecule has 0 aliphatic carbocycles. The van der Waals surface area contributed by atoms with Crippen LogP contribution in [0.15, 0.2) is 60.7 Å². The van der Waals surface area contributed by atoms with E-state index >= 15 is 0 Å². The predicted octanol–water partition coefficient (Wildman–Crippen LogP) is 2.52. The highest BCUT2D eigenvalue weighted by atomic mass is 16.3. The largest absolute Gasteiger partial charge is 0.388 e. The van der Waals surface area contributed by atoms with Crippen LogP contribution >= 0.6 is 0 Å². The SMILES string of the molecule is CC(O)(CC(=O)NCCC(O)c1ccccc1)c1ccccc1. The number of carbonyl (C=O) groups excluding carboxylic acids is 1. The molecule has 4 nitrogen and oxygen atoms in total. The fraction of sp³-hybridized carbons (Fsp3) is 0.316. The third kappa shape index (κ3) is 5.20. The van der Waals surface area contributed by atoms with Gasteiger partial charge in [-0.1, -0.05) is 60.7 Å². The third-order valence-electron chi connectivity index (χ3n) is 3.82. The van der Waals surface area contributed by atoms with Gasteiger partial charge in [0.05, 0.1) is 18.1 Å². The van der Waals surface area contributed by atoms with Crippen LogP contribution in [-0.4, -0.2) is 22.7 Å². The second-order valence-corrected chi connectivity index (χ2v) is 5.88. The molecule has 0 heterocycles. The van der Waals surface area contributed by atoms with Gasteiger partial charge in [-0.3, -0.25) is 4.79 Å². The van der Waals surface area contributed by atoms with Gasteiger partial charge in [-0.15, -0.1) is 0 Å². The fourth-order valence-electron chi connectivity index (χ4n) is 2.46. The summed E-state index contributed by atoms with van der Waals surface area (Å²) in [5.41, 5.74) is 0.334. The number of hydrogen-bond acceptors (Lipinski definition) is 3. The Balaban J connectivity index is 1.79. The molecular formula is C19H23NO3. The number of hydrogen-bond donors (Lipinski definition) is 3. The maximum atomic E-state index is 12.0. The van der Waals surface area contributed by atoms with Crippen LogP contribution in [0.3, 0.4) is 0 Å².